The van der Waals surface area contributed by atoms with E-state index in [1.165, 1.54) is 0 Å². The summed E-state index contributed by atoms with van der Waals surface area (Å²) in [4.78, 5) is 11.8. The molecule has 19 heavy (non-hydrogen) atoms. The lowest BCUT2D eigenvalue weighted by Gasteiger charge is -2.24. The molecule has 4 nitrogen and oxygen atoms in total. The van der Waals surface area contributed by atoms with Gasteiger partial charge in [0, 0.05) is 17.6 Å². The van der Waals surface area contributed by atoms with Crippen LogP contribution in [0.3, 0.4) is 0 Å². The van der Waals surface area contributed by atoms with Gasteiger partial charge in [0.15, 0.2) is 6.61 Å². The summed E-state index contributed by atoms with van der Waals surface area (Å²) < 4.78 is 5.54. The highest BCUT2D eigenvalue weighted by Gasteiger charge is 2.18. The maximum Gasteiger partial charge on any atom is 0.258 e. The summed E-state index contributed by atoms with van der Waals surface area (Å²) in [5, 5.41) is 2.93. The minimum absolute atomic E-state index is 0.0134. The van der Waals surface area contributed by atoms with Crippen LogP contribution in [0.25, 0.3) is 0 Å². The van der Waals surface area contributed by atoms with Crippen LogP contribution in [0.1, 0.15) is 38.3 Å². The lowest BCUT2D eigenvalue weighted by molar-refractivity contribution is -0.124. The molecule has 106 valence electrons. The number of hydrogen-bond acceptors (Lipinski definition) is 3. The third-order valence-electron chi connectivity index (χ3n) is 3.16. The number of aryl methyl sites for hydroxylation is 1. The molecule has 0 saturated heterocycles. The van der Waals surface area contributed by atoms with Gasteiger partial charge in [0.25, 0.3) is 5.91 Å². The van der Waals surface area contributed by atoms with E-state index >= 15 is 0 Å². The van der Waals surface area contributed by atoms with Crippen LogP contribution < -0.4 is 15.8 Å². The monoisotopic (exact) mass is 264 g/mol. The zero-order valence-corrected chi connectivity index (χ0v) is 12.2. The highest BCUT2D eigenvalue weighted by Crippen LogP contribution is 2.19. The van der Waals surface area contributed by atoms with Crippen molar-refractivity contribution in [1.82, 2.24) is 5.32 Å². The predicted molar refractivity (Wildman–Crippen MR) is 77.1 cm³/mol. The molecular formula is C15H24N2O2. The van der Waals surface area contributed by atoms with Gasteiger partial charge in [0.05, 0.1) is 0 Å². The number of nitrogens with one attached hydrogen (secondary N) is 1. The number of benzene rings is 1. The minimum atomic E-state index is -0.204. The number of hydrogen-bond donors (Lipinski definition) is 2. The van der Waals surface area contributed by atoms with Crippen LogP contribution in [0.5, 0.6) is 5.75 Å². The van der Waals surface area contributed by atoms with Crippen LogP contribution in [0.2, 0.25) is 0 Å². The summed E-state index contributed by atoms with van der Waals surface area (Å²) in [7, 11) is 0. The van der Waals surface area contributed by atoms with Crippen molar-refractivity contribution in [1.29, 1.82) is 0 Å². The average Bonchev–Trinajstić information content (AvgIpc) is 2.36. The summed E-state index contributed by atoms with van der Waals surface area (Å²) >= 11 is 0. The van der Waals surface area contributed by atoms with Gasteiger partial charge in [-0.2, -0.15) is 0 Å². The molecule has 0 aromatic heterocycles. The maximum absolute atomic E-state index is 11.8. The highest BCUT2D eigenvalue weighted by molar-refractivity contribution is 5.78. The van der Waals surface area contributed by atoms with Gasteiger partial charge in [0.1, 0.15) is 5.75 Å². The second-order valence-electron chi connectivity index (χ2n) is 5.39. The largest absolute Gasteiger partial charge is 0.483 e. The van der Waals surface area contributed by atoms with Gasteiger partial charge in [0.2, 0.25) is 0 Å². The maximum atomic E-state index is 11.8. The smallest absolute Gasteiger partial charge is 0.258 e. The topological polar surface area (TPSA) is 64.3 Å². The molecule has 0 fully saturated rings. The average molecular weight is 264 g/mol. The Labute approximate surface area is 115 Å². The standard InChI is InChI=1S/C15H24N2O2/c1-5-15(3,4)17-14(18)10-19-13-7-6-11(2)8-12(13)9-16/h6-8H,5,9-10,16H2,1-4H3,(H,17,18). The summed E-state index contributed by atoms with van der Waals surface area (Å²) in [6.07, 6.45) is 0.872. The van der Waals surface area contributed by atoms with Gasteiger partial charge < -0.3 is 15.8 Å². The molecule has 1 aromatic carbocycles. The van der Waals surface area contributed by atoms with Crippen molar-refractivity contribution in [2.24, 2.45) is 5.73 Å². The van der Waals surface area contributed by atoms with Gasteiger partial charge >= 0.3 is 0 Å². The molecule has 0 radical (unpaired) electrons. The molecule has 0 atom stereocenters. The van der Waals surface area contributed by atoms with Gasteiger partial charge in [-0.05, 0) is 33.3 Å². The molecule has 4 heteroatoms. The van der Waals surface area contributed by atoms with E-state index in [4.69, 9.17) is 10.5 Å². The fraction of sp³-hybridized carbons (Fsp3) is 0.533. The lowest BCUT2D eigenvalue weighted by Crippen LogP contribution is -2.44. The fourth-order valence-electron chi connectivity index (χ4n) is 1.65. The first-order valence-electron chi connectivity index (χ1n) is 6.61. The van der Waals surface area contributed by atoms with Gasteiger partial charge in [-0.1, -0.05) is 24.6 Å². The molecule has 3 N–H and O–H groups in total. The molecule has 1 aromatic rings. The van der Waals surface area contributed by atoms with Crippen LogP contribution in [0.4, 0.5) is 0 Å². The zero-order valence-electron chi connectivity index (χ0n) is 12.2. The van der Waals surface area contributed by atoms with E-state index in [1.54, 1.807) is 0 Å². The second kappa shape index (κ2) is 6.57. The molecule has 1 amide bonds. The number of carbonyl (C=O) groups is 1. The van der Waals surface area contributed by atoms with E-state index in [9.17, 15) is 4.79 Å². The third-order valence-corrected chi connectivity index (χ3v) is 3.16. The fourth-order valence-corrected chi connectivity index (χ4v) is 1.65. The van der Waals surface area contributed by atoms with E-state index in [-0.39, 0.29) is 18.1 Å². The number of amides is 1. The van der Waals surface area contributed by atoms with E-state index < -0.39 is 0 Å². The molecule has 0 unspecified atom stereocenters. The van der Waals surface area contributed by atoms with Crippen molar-refractivity contribution in [2.75, 3.05) is 6.61 Å². The Morgan fingerprint density at radius 1 is 1.42 bits per heavy atom. The Bertz CT molecular complexity index is 442. The zero-order chi connectivity index (χ0) is 14.5. The van der Waals surface area contributed by atoms with Crippen LogP contribution in [-0.4, -0.2) is 18.1 Å². The quantitative estimate of drug-likeness (QED) is 0.827. The molecule has 0 aliphatic heterocycles. The van der Waals surface area contributed by atoms with Crippen LogP contribution in [0, 0.1) is 6.92 Å². The van der Waals surface area contributed by atoms with E-state index in [0.29, 0.717) is 12.3 Å². The van der Waals surface area contributed by atoms with E-state index in [0.717, 1.165) is 17.5 Å². The molecule has 0 aliphatic rings. The molecule has 0 saturated carbocycles. The summed E-state index contributed by atoms with van der Waals surface area (Å²) in [6.45, 7) is 8.43. The first-order valence-corrected chi connectivity index (χ1v) is 6.61. The number of nitrogens with two attached hydrogens (primary N) is 1. The normalized spacial score (nSPS) is 11.2. The summed E-state index contributed by atoms with van der Waals surface area (Å²) in [5.41, 5.74) is 7.51. The van der Waals surface area contributed by atoms with E-state index in [2.05, 4.69) is 5.32 Å². The summed E-state index contributed by atoms with van der Waals surface area (Å²) in [5.74, 6) is 0.563. The van der Waals surface area contributed by atoms with Crippen LogP contribution in [-0.2, 0) is 11.3 Å². The van der Waals surface area contributed by atoms with Crippen LogP contribution in [0.15, 0.2) is 18.2 Å². The molecule has 0 bridgehead atoms. The Balaban J connectivity index is 2.60. The molecule has 0 spiro atoms. The minimum Gasteiger partial charge on any atom is -0.483 e. The van der Waals surface area contributed by atoms with Gasteiger partial charge in [-0.3, -0.25) is 4.79 Å². The van der Waals surface area contributed by atoms with Gasteiger partial charge in [-0.25, -0.2) is 0 Å². The molecule has 1 rings (SSSR count). The van der Waals surface area contributed by atoms with Crippen molar-refractivity contribution in [3.63, 3.8) is 0 Å². The Morgan fingerprint density at radius 2 is 2.11 bits per heavy atom. The SMILES string of the molecule is CCC(C)(C)NC(=O)COc1ccc(C)cc1CN. The first-order chi connectivity index (χ1) is 8.88. The summed E-state index contributed by atoms with van der Waals surface area (Å²) in [6, 6.07) is 5.78. The highest BCUT2D eigenvalue weighted by atomic mass is 16.5. The van der Waals surface area contributed by atoms with Crippen LogP contribution >= 0.6 is 0 Å². The number of carbonyl (C=O) groups excluding carboxylic acids is 1. The van der Waals surface area contributed by atoms with Crippen molar-refractivity contribution < 1.29 is 9.53 Å². The molecule has 0 heterocycles. The lowest BCUT2D eigenvalue weighted by atomic mass is 10.0. The van der Waals surface area contributed by atoms with E-state index in [1.807, 2.05) is 45.9 Å². The number of ether oxygens (including phenoxy) is 1. The molecule has 0 aliphatic carbocycles. The predicted octanol–water partition coefficient (Wildman–Crippen LogP) is 2.14. The van der Waals surface area contributed by atoms with Crippen molar-refractivity contribution >= 4 is 5.91 Å². The Morgan fingerprint density at radius 3 is 2.68 bits per heavy atom. The molecular weight excluding hydrogens is 240 g/mol. The third kappa shape index (κ3) is 4.91. The van der Waals surface area contributed by atoms with Crippen molar-refractivity contribution in [2.45, 2.75) is 46.2 Å². The second-order valence-corrected chi connectivity index (χ2v) is 5.39. The van der Waals surface area contributed by atoms with Gasteiger partial charge in [-0.15, -0.1) is 0 Å². The van der Waals surface area contributed by atoms with Crippen molar-refractivity contribution in [3.8, 4) is 5.75 Å². The Kier molecular flexibility index (Phi) is 5.36. The Hall–Kier alpha value is -1.55. The first kappa shape index (κ1) is 15.5. The van der Waals surface area contributed by atoms with Crippen molar-refractivity contribution in [3.05, 3.63) is 29.3 Å². The number of rotatable bonds is 6.